The summed E-state index contributed by atoms with van der Waals surface area (Å²) in [5, 5.41) is 7.50. The number of ether oxygens (including phenoxy) is 4. The number of nitrogens with one attached hydrogen (secondary N) is 2. The fraction of sp³-hybridized carbons (Fsp3) is 0.366. The molecule has 7 aromatic rings. The van der Waals surface area contributed by atoms with Crippen molar-refractivity contribution in [1.82, 2.24) is 10.6 Å². The van der Waals surface area contributed by atoms with Crippen molar-refractivity contribution in [2.24, 2.45) is 17.8 Å². The Morgan fingerprint density at radius 1 is 0.460 bits per heavy atom. The second kappa shape index (κ2) is 34.2. The first-order valence-electron chi connectivity index (χ1n) is 34.1. The molecule has 1 aliphatic carbocycles. The molecule has 7 aromatic carbocycles. The smallest absolute Gasteiger partial charge is 0.328 e. The zero-order chi connectivity index (χ0) is 72.4. The summed E-state index contributed by atoms with van der Waals surface area (Å²) < 4.78 is 90.4. The Morgan fingerprint density at radius 3 is 1.15 bits per heavy atom. The van der Waals surface area contributed by atoms with Gasteiger partial charge in [-0.2, -0.15) is 16.8 Å². The molecule has 1 unspecified atom stereocenters. The number of hydrogen-bond donors (Lipinski definition) is 2. The topological polar surface area (TPSA) is 216 Å². The van der Waals surface area contributed by atoms with E-state index in [-0.39, 0.29) is 67.4 Å². The molecule has 0 bridgehead atoms. The molecule has 2 N–H and O–H groups in total. The first kappa shape index (κ1) is 77.1. The molecule has 0 heterocycles. The van der Waals surface area contributed by atoms with E-state index >= 15 is 0 Å². The average Bonchev–Trinajstić information content (AvgIpc) is 0.756. The van der Waals surface area contributed by atoms with Gasteiger partial charge in [-0.25, -0.2) is 4.79 Å². The molecular formula is C82H96N2O14S2. The third-order valence-electron chi connectivity index (χ3n) is 17.1. The monoisotopic (exact) mass is 1400 g/mol. The Hall–Kier alpha value is -8.62. The van der Waals surface area contributed by atoms with Gasteiger partial charge in [0.2, 0.25) is 0 Å². The molecule has 0 aliphatic heterocycles. The van der Waals surface area contributed by atoms with E-state index in [4.69, 9.17) is 27.3 Å². The van der Waals surface area contributed by atoms with Crippen molar-refractivity contribution in [2.45, 2.75) is 171 Å². The van der Waals surface area contributed by atoms with Crippen LogP contribution < -0.4 is 10.6 Å². The molecule has 18 heteroatoms. The van der Waals surface area contributed by atoms with Crippen molar-refractivity contribution < 1.29 is 63.3 Å². The fourth-order valence-corrected chi connectivity index (χ4v) is 14.3. The van der Waals surface area contributed by atoms with E-state index in [1.54, 1.807) is 107 Å². The Kier molecular flexibility index (Phi) is 26.3. The van der Waals surface area contributed by atoms with Gasteiger partial charge in [-0.1, -0.05) is 200 Å². The second-order valence-corrected chi connectivity index (χ2v) is 31.3. The lowest BCUT2D eigenvalue weighted by Crippen LogP contribution is -2.56. The van der Waals surface area contributed by atoms with Crippen molar-refractivity contribution in [3.63, 3.8) is 0 Å². The standard InChI is InChI=1S/C82H96N2O14S2/c1-12-59(2)95-76(87)72(83-81(64-35-19-13-20-36-64,65-37-21-14-22-38-65)66-39-23-15-24-40-66)57-62(74(85)96-78(3,4)5)33-31-55-93-99(89,90)70-51-47-60(48-52-70)61-49-53-71(54-50-61)100(91,92)94-56-32-34-63(75(86)97-79(6,7)8)58-73(77(88)98-80(9,10)11)84-82(67-41-25-16-26-42-67,68-43-27-17-28-44-68)69-45-29-18-30-46-69/h12-30,35-39,41-54,62-63,66,72-73,83-84H,31-34,40,55-58H2,1-11H3/b59-12+/t62-,63-,66?,72-,73-/m0/s1. The maximum absolute atomic E-state index is 14.6. The second-order valence-electron chi connectivity index (χ2n) is 28.1. The Labute approximate surface area is 591 Å². The first-order valence-corrected chi connectivity index (χ1v) is 36.9. The number of hydrogen-bond acceptors (Lipinski definition) is 16. The molecule has 0 amide bonds. The third-order valence-corrected chi connectivity index (χ3v) is 19.7. The van der Waals surface area contributed by atoms with Crippen molar-refractivity contribution >= 4 is 44.1 Å². The summed E-state index contributed by atoms with van der Waals surface area (Å²) >= 11 is 0. The lowest BCUT2D eigenvalue weighted by Gasteiger charge is -2.44. The highest BCUT2D eigenvalue weighted by Crippen LogP contribution is 2.43. The number of benzene rings is 7. The molecule has 16 nitrogen and oxygen atoms in total. The molecular weight excluding hydrogens is 1300 g/mol. The molecule has 530 valence electrons. The molecule has 0 spiro atoms. The van der Waals surface area contributed by atoms with Gasteiger partial charge in [-0.15, -0.1) is 0 Å². The largest absolute Gasteiger partial charge is 0.460 e. The highest BCUT2D eigenvalue weighted by Gasteiger charge is 2.46. The normalized spacial score (nSPS) is 15.2. The van der Waals surface area contributed by atoms with Gasteiger partial charge >= 0.3 is 23.9 Å². The molecule has 8 rings (SSSR count). The molecule has 0 aromatic heterocycles. The van der Waals surface area contributed by atoms with Gasteiger partial charge in [0.15, 0.2) is 0 Å². The van der Waals surface area contributed by atoms with E-state index in [1.807, 2.05) is 164 Å². The van der Waals surface area contributed by atoms with Crippen LogP contribution in [0.1, 0.15) is 149 Å². The first-order chi connectivity index (χ1) is 47.4. The lowest BCUT2D eigenvalue weighted by atomic mass is 9.70. The molecule has 0 saturated heterocycles. The molecule has 0 saturated carbocycles. The predicted molar refractivity (Wildman–Crippen MR) is 389 cm³/mol. The van der Waals surface area contributed by atoms with Crippen LogP contribution in [0, 0.1) is 17.8 Å². The molecule has 1 aliphatic rings. The van der Waals surface area contributed by atoms with E-state index in [0.717, 1.165) is 27.8 Å². The van der Waals surface area contributed by atoms with Crippen LogP contribution in [0.3, 0.4) is 0 Å². The summed E-state index contributed by atoms with van der Waals surface area (Å²) in [5.41, 5.74) is 0.670. The van der Waals surface area contributed by atoms with E-state index in [9.17, 15) is 36.0 Å². The summed E-state index contributed by atoms with van der Waals surface area (Å²) in [7, 11) is -8.67. The maximum Gasteiger partial charge on any atom is 0.328 e. The van der Waals surface area contributed by atoms with Crippen LogP contribution in [0.5, 0.6) is 0 Å². The van der Waals surface area contributed by atoms with Crippen LogP contribution in [0.2, 0.25) is 0 Å². The van der Waals surface area contributed by atoms with E-state index < -0.39 is 95.9 Å². The van der Waals surface area contributed by atoms with Crippen LogP contribution in [0.4, 0.5) is 0 Å². The average molecular weight is 1400 g/mol. The minimum absolute atomic E-state index is 0.0628. The van der Waals surface area contributed by atoms with Gasteiger partial charge in [0.25, 0.3) is 20.2 Å². The molecule has 0 fully saturated rings. The van der Waals surface area contributed by atoms with Gasteiger partial charge < -0.3 is 18.9 Å². The predicted octanol–water partition coefficient (Wildman–Crippen LogP) is 15.8. The number of esters is 4. The Morgan fingerprint density at radius 2 is 0.810 bits per heavy atom. The Balaban J connectivity index is 0.938. The van der Waals surface area contributed by atoms with Crippen molar-refractivity contribution in [1.29, 1.82) is 0 Å². The molecule has 5 atom stereocenters. The zero-order valence-corrected chi connectivity index (χ0v) is 60.9. The highest BCUT2D eigenvalue weighted by molar-refractivity contribution is 7.87. The summed E-state index contributed by atoms with van der Waals surface area (Å²) in [6, 6.07) is 58.7. The highest BCUT2D eigenvalue weighted by atomic mass is 32.2. The van der Waals surface area contributed by atoms with Gasteiger partial charge in [-0.3, -0.25) is 33.4 Å². The minimum Gasteiger partial charge on any atom is -0.460 e. The van der Waals surface area contributed by atoms with E-state index in [0.29, 0.717) is 23.3 Å². The van der Waals surface area contributed by atoms with Gasteiger partial charge in [0, 0.05) is 5.92 Å². The van der Waals surface area contributed by atoms with Crippen molar-refractivity contribution in [3.8, 4) is 11.1 Å². The van der Waals surface area contributed by atoms with Gasteiger partial charge in [0.1, 0.15) is 34.6 Å². The van der Waals surface area contributed by atoms with Crippen LogP contribution in [-0.2, 0) is 77.8 Å². The van der Waals surface area contributed by atoms with Crippen LogP contribution >= 0.6 is 0 Å². The maximum atomic E-state index is 14.6. The van der Waals surface area contributed by atoms with Gasteiger partial charge in [-0.05, 0) is 190 Å². The summed E-state index contributed by atoms with van der Waals surface area (Å²) in [6.45, 7) is 18.7. The number of carbonyl (C=O) groups is 4. The summed E-state index contributed by atoms with van der Waals surface area (Å²) in [4.78, 5) is 57.5. The minimum atomic E-state index is -4.34. The van der Waals surface area contributed by atoms with Crippen LogP contribution in [0.25, 0.3) is 11.1 Å². The zero-order valence-electron chi connectivity index (χ0n) is 59.2. The third kappa shape index (κ3) is 21.0. The number of carbonyl (C=O) groups excluding carboxylic acids is 4. The van der Waals surface area contributed by atoms with E-state index in [2.05, 4.69) is 22.8 Å². The SMILES string of the molecule is C/C=C(\C)OC(=O)[C@H](C[C@H](CCCOS(=O)(=O)c1ccc(-c2ccc(S(=O)(=O)OCCC[C@@H](C[C@H](NC(c3ccccc3)(c3ccccc3)c3ccccc3)C(=O)OC(C)(C)C)C(=O)OC(C)(C)C)cc2)cc1)C(=O)OC(C)(C)C)NC(c1ccccc1)(c1ccccc1)C1C=CC=CC1. The number of rotatable bonds is 32. The molecule has 0 radical (unpaired) electrons. The summed E-state index contributed by atoms with van der Waals surface area (Å²) in [6.07, 6.45) is 10.7. The number of allylic oxidation sites excluding steroid dienone is 5. The van der Waals surface area contributed by atoms with E-state index in [1.165, 1.54) is 24.3 Å². The summed E-state index contributed by atoms with van der Waals surface area (Å²) in [5.74, 6) is -3.98. The lowest BCUT2D eigenvalue weighted by molar-refractivity contribution is -0.164. The fourth-order valence-electron chi connectivity index (χ4n) is 12.4. The van der Waals surface area contributed by atoms with Gasteiger partial charge in [0.05, 0.1) is 45.9 Å². The molecule has 100 heavy (non-hydrogen) atoms. The Bertz CT molecular complexity index is 4010. The van der Waals surface area contributed by atoms with Crippen molar-refractivity contribution in [2.75, 3.05) is 13.2 Å². The van der Waals surface area contributed by atoms with Crippen LogP contribution in [-0.4, -0.2) is 82.8 Å². The van der Waals surface area contributed by atoms with Crippen molar-refractivity contribution in [3.05, 3.63) is 264 Å². The van der Waals surface area contributed by atoms with Crippen LogP contribution in [0.15, 0.2) is 246 Å². The quantitative estimate of drug-likeness (QED) is 0.0100.